The number of aromatic nitrogens is 3. The van der Waals surface area contributed by atoms with Crippen molar-refractivity contribution in [2.75, 3.05) is 0 Å². The Labute approximate surface area is 325 Å². The fraction of sp³-hybridized carbons (Fsp3) is 0. The highest BCUT2D eigenvalue weighted by atomic mass is 14.8. The molecule has 0 unspecified atom stereocenters. The number of benzene rings is 5. The zero-order valence-electron chi connectivity index (χ0n) is 30.4. The molecular weight excluding hydrogens is 681 g/mol. The van der Waals surface area contributed by atoms with Crippen molar-refractivity contribution in [3.05, 3.63) is 205 Å². The Morgan fingerprint density at radius 1 is 0.375 bits per heavy atom. The van der Waals surface area contributed by atoms with E-state index < -0.39 is 0 Å². The van der Waals surface area contributed by atoms with Gasteiger partial charge in [0.2, 0.25) is 0 Å². The molecule has 0 saturated carbocycles. The molecule has 0 radical (unpaired) electrons. The van der Waals surface area contributed by atoms with Crippen LogP contribution in [0.15, 0.2) is 187 Å². The summed E-state index contributed by atoms with van der Waals surface area (Å²) < 4.78 is 0. The zero-order chi connectivity index (χ0) is 37.3. The van der Waals surface area contributed by atoms with Crippen molar-refractivity contribution >= 4 is 45.6 Å². The summed E-state index contributed by atoms with van der Waals surface area (Å²) in [5.74, 6) is 6.93. The molecule has 4 nitrogen and oxygen atoms in total. The largest absolute Gasteiger partial charge is 0.354 e. The molecule has 8 aromatic rings. The molecule has 4 heteroatoms. The normalized spacial score (nSPS) is 11.8. The molecule has 0 spiro atoms. The molecule has 2 aliphatic rings. The van der Waals surface area contributed by atoms with Crippen molar-refractivity contribution in [2.45, 2.75) is 0 Å². The van der Waals surface area contributed by atoms with Gasteiger partial charge in [-0.3, -0.25) is 0 Å². The van der Waals surface area contributed by atoms with Crippen LogP contribution in [0.25, 0.3) is 78.7 Å². The maximum atomic E-state index is 5.41. The van der Waals surface area contributed by atoms with Gasteiger partial charge in [0.15, 0.2) is 0 Å². The number of fused-ring (bicyclic) bond motifs is 8. The van der Waals surface area contributed by atoms with Crippen LogP contribution >= 0.6 is 0 Å². The molecule has 0 aliphatic carbocycles. The summed E-state index contributed by atoms with van der Waals surface area (Å²) in [5, 5.41) is 0. The number of aliphatic imine (C=N–C) groups is 1. The second-order valence-corrected chi connectivity index (χ2v) is 13.8. The van der Waals surface area contributed by atoms with Gasteiger partial charge >= 0.3 is 0 Å². The molecule has 0 atom stereocenters. The summed E-state index contributed by atoms with van der Waals surface area (Å²) in [5.41, 5.74) is 17.3. The molecule has 0 saturated heterocycles. The first kappa shape index (κ1) is 32.9. The van der Waals surface area contributed by atoms with Gasteiger partial charge in [0.25, 0.3) is 0 Å². The van der Waals surface area contributed by atoms with Crippen molar-refractivity contribution in [1.29, 1.82) is 0 Å². The molecule has 0 fully saturated rings. The Kier molecular flexibility index (Phi) is 8.36. The van der Waals surface area contributed by atoms with Crippen LogP contribution in [0.1, 0.15) is 22.5 Å². The summed E-state index contributed by atoms with van der Waals surface area (Å²) >= 11 is 0. The lowest BCUT2D eigenvalue weighted by Crippen LogP contribution is -1.96. The van der Waals surface area contributed by atoms with Gasteiger partial charge in [-0.25, -0.2) is 9.98 Å². The molecule has 10 rings (SSSR count). The lowest BCUT2D eigenvalue weighted by Gasteiger charge is -2.07. The molecule has 8 bridgehead atoms. The Bertz CT molecular complexity index is 3040. The van der Waals surface area contributed by atoms with Crippen molar-refractivity contribution in [3.8, 4) is 56.3 Å². The van der Waals surface area contributed by atoms with E-state index in [1.807, 2.05) is 48.5 Å². The fourth-order valence-electron chi connectivity index (χ4n) is 7.70. The third kappa shape index (κ3) is 6.14. The SMILES string of the molecule is C(#Cc1ccccc1)C1=Nc2cc1c(-c1ccccc1)c1ccc([nH]1)c(-c1ccccc1)c1nc(c(-c3ccccc3)c3ccc([nH]3)c2-c2ccccc2)C=C1. The number of rotatable bonds is 4. The van der Waals surface area contributed by atoms with Crippen molar-refractivity contribution in [3.63, 3.8) is 0 Å². The maximum Gasteiger partial charge on any atom is 0.122 e. The van der Waals surface area contributed by atoms with Crippen molar-refractivity contribution in [2.24, 2.45) is 4.99 Å². The molecule has 262 valence electrons. The minimum absolute atomic E-state index is 0.703. The molecule has 2 N–H and O–H groups in total. The van der Waals surface area contributed by atoms with Crippen LogP contribution in [0.2, 0.25) is 0 Å². The average molecular weight is 715 g/mol. The van der Waals surface area contributed by atoms with Crippen LogP contribution in [0.5, 0.6) is 0 Å². The molecule has 5 heterocycles. The number of nitrogens with zero attached hydrogens (tertiary/aromatic N) is 2. The second-order valence-electron chi connectivity index (χ2n) is 13.8. The van der Waals surface area contributed by atoms with E-state index in [1.54, 1.807) is 0 Å². The second kappa shape index (κ2) is 14.2. The van der Waals surface area contributed by atoms with E-state index in [0.717, 1.165) is 94.8 Å². The first-order valence-corrected chi connectivity index (χ1v) is 18.8. The predicted molar refractivity (Wildman–Crippen MR) is 233 cm³/mol. The highest BCUT2D eigenvalue weighted by Gasteiger charge is 2.21. The third-order valence-corrected chi connectivity index (χ3v) is 10.2. The highest BCUT2D eigenvalue weighted by Crippen LogP contribution is 2.41. The lowest BCUT2D eigenvalue weighted by molar-refractivity contribution is 1.32. The Balaban J connectivity index is 1.41. The van der Waals surface area contributed by atoms with E-state index in [2.05, 4.69) is 167 Å². The summed E-state index contributed by atoms with van der Waals surface area (Å²) in [6.45, 7) is 0. The predicted octanol–water partition coefficient (Wildman–Crippen LogP) is 12.9. The third-order valence-electron chi connectivity index (χ3n) is 10.2. The van der Waals surface area contributed by atoms with Gasteiger partial charge in [0.05, 0.1) is 17.1 Å². The minimum atomic E-state index is 0.703. The molecular formula is C52H34N4. The highest BCUT2D eigenvalue weighted by molar-refractivity contribution is 6.22. The number of nitrogens with one attached hydrogen (secondary N) is 2. The quantitative estimate of drug-likeness (QED) is 0.175. The van der Waals surface area contributed by atoms with Gasteiger partial charge in [0.1, 0.15) is 5.71 Å². The van der Waals surface area contributed by atoms with E-state index >= 15 is 0 Å². The summed E-state index contributed by atoms with van der Waals surface area (Å²) in [6.07, 6.45) is 4.27. The molecule has 3 aromatic heterocycles. The first-order valence-electron chi connectivity index (χ1n) is 18.8. The standard InChI is InChI=1S/C52H34N4/c1-6-16-35(17-7-1)26-27-41-40-34-48(53-41)52(39-24-14-5-15-25-39)47-33-32-46(56-47)51(38-22-12-4-13-23-38)45-31-30-44(55-45)50(37-20-10-3-11-21-37)43-29-28-42(54-43)49(40)36-18-8-2-9-19-36/h1-25,28-34,54,56H. The van der Waals surface area contributed by atoms with Gasteiger partial charge in [-0.05, 0) is 82.8 Å². The van der Waals surface area contributed by atoms with E-state index in [-0.39, 0.29) is 0 Å². The van der Waals surface area contributed by atoms with Crippen molar-refractivity contribution < 1.29 is 0 Å². The van der Waals surface area contributed by atoms with Gasteiger partial charge < -0.3 is 9.97 Å². The van der Waals surface area contributed by atoms with Crippen LogP contribution in [0.4, 0.5) is 5.69 Å². The van der Waals surface area contributed by atoms with Crippen LogP contribution in [0.3, 0.4) is 0 Å². The van der Waals surface area contributed by atoms with Crippen LogP contribution in [0, 0.1) is 11.8 Å². The van der Waals surface area contributed by atoms with Gasteiger partial charge in [0, 0.05) is 55.4 Å². The summed E-state index contributed by atoms with van der Waals surface area (Å²) in [4.78, 5) is 18.5. The molecule has 0 amide bonds. The number of hydrogen-bond acceptors (Lipinski definition) is 2. The fourth-order valence-corrected chi connectivity index (χ4v) is 7.70. The Morgan fingerprint density at radius 3 is 1.25 bits per heavy atom. The topological polar surface area (TPSA) is 56.8 Å². The summed E-state index contributed by atoms with van der Waals surface area (Å²) in [6, 6.07) is 63.0. The van der Waals surface area contributed by atoms with E-state index in [4.69, 9.17) is 9.98 Å². The first-order chi connectivity index (χ1) is 27.8. The minimum Gasteiger partial charge on any atom is -0.354 e. The van der Waals surface area contributed by atoms with E-state index in [9.17, 15) is 0 Å². The van der Waals surface area contributed by atoms with Gasteiger partial charge in [-0.15, -0.1) is 0 Å². The lowest BCUT2D eigenvalue weighted by atomic mass is 9.97. The Hall–Kier alpha value is -7.74. The molecule has 2 aliphatic heterocycles. The molecule has 56 heavy (non-hydrogen) atoms. The number of hydrogen-bond donors (Lipinski definition) is 2. The molecule has 5 aromatic carbocycles. The van der Waals surface area contributed by atoms with E-state index in [1.165, 1.54) is 0 Å². The Morgan fingerprint density at radius 2 is 0.768 bits per heavy atom. The maximum absolute atomic E-state index is 5.41. The average Bonchev–Trinajstić information content (AvgIpc) is 4.10. The van der Waals surface area contributed by atoms with Crippen LogP contribution in [-0.4, -0.2) is 20.7 Å². The van der Waals surface area contributed by atoms with Gasteiger partial charge in [-0.1, -0.05) is 145 Å². The number of aromatic amines is 2. The monoisotopic (exact) mass is 714 g/mol. The zero-order valence-corrected chi connectivity index (χ0v) is 30.4. The van der Waals surface area contributed by atoms with Gasteiger partial charge in [-0.2, -0.15) is 0 Å². The van der Waals surface area contributed by atoms with Crippen LogP contribution < -0.4 is 0 Å². The van der Waals surface area contributed by atoms with Crippen molar-refractivity contribution in [1.82, 2.24) is 15.0 Å². The number of H-pyrrole nitrogens is 2. The summed E-state index contributed by atoms with van der Waals surface area (Å²) in [7, 11) is 0. The van der Waals surface area contributed by atoms with Crippen LogP contribution in [-0.2, 0) is 0 Å². The van der Waals surface area contributed by atoms with E-state index in [0.29, 0.717) is 5.71 Å². The smallest absolute Gasteiger partial charge is 0.122 e.